The number of nitro benzene ring substituents is 1. The van der Waals surface area contributed by atoms with Crippen LogP contribution in [0.3, 0.4) is 0 Å². The van der Waals surface area contributed by atoms with Crippen LogP contribution in [0.4, 0.5) is 11.5 Å². The van der Waals surface area contributed by atoms with Crippen molar-refractivity contribution in [2.45, 2.75) is 78.2 Å². The monoisotopic (exact) mass is 608 g/mol. The van der Waals surface area contributed by atoms with E-state index in [4.69, 9.17) is 14.6 Å². The van der Waals surface area contributed by atoms with Gasteiger partial charge in [0.1, 0.15) is 18.2 Å². The molecular formula is C31H44N6O5Si. The molecule has 0 saturated carbocycles. The summed E-state index contributed by atoms with van der Waals surface area (Å²) in [5.74, 6) is 0.566. The van der Waals surface area contributed by atoms with Crippen LogP contribution in [-0.4, -0.2) is 66.2 Å². The first-order chi connectivity index (χ1) is 20.5. The summed E-state index contributed by atoms with van der Waals surface area (Å²) in [6.45, 7) is 14.2. The molecule has 2 aliphatic heterocycles. The molecule has 4 heterocycles. The van der Waals surface area contributed by atoms with Crippen LogP contribution in [0.2, 0.25) is 25.7 Å². The molecule has 1 spiro atoms. The third-order valence-electron chi connectivity index (χ3n) is 8.58. The van der Waals surface area contributed by atoms with E-state index < -0.39 is 8.07 Å². The van der Waals surface area contributed by atoms with Crippen LogP contribution in [0.1, 0.15) is 39.5 Å². The lowest BCUT2D eigenvalue weighted by molar-refractivity contribution is -0.384. The van der Waals surface area contributed by atoms with E-state index in [0.717, 1.165) is 68.3 Å². The van der Waals surface area contributed by atoms with E-state index in [2.05, 4.69) is 41.8 Å². The molecule has 232 valence electrons. The number of hydrogen-bond donors (Lipinski definition) is 1. The van der Waals surface area contributed by atoms with E-state index in [1.807, 2.05) is 19.1 Å². The van der Waals surface area contributed by atoms with Gasteiger partial charge in [-0.1, -0.05) is 52.8 Å². The second-order valence-electron chi connectivity index (χ2n) is 13.4. The van der Waals surface area contributed by atoms with Crippen molar-refractivity contribution in [3.05, 3.63) is 46.6 Å². The van der Waals surface area contributed by atoms with Crippen molar-refractivity contribution in [1.82, 2.24) is 20.1 Å². The fourth-order valence-electron chi connectivity index (χ4n) is 5.71. The Morgan fingerprint density at radius 1 is 1.23 bits per heavy atom. The van der Waals surface area contributed by atoms with Crippen LogP contribution in [0.25, 0.3) is 22.2 Å². The first-order valence-electron chi connectivity index (χ1n) is 15.4. The summed E-state index contributed by atoms with van der Waals surface area (Å²) < 4.78 is 13.6. The average Bonchev–Trinajstić information content (AvgIpc) is 3.30. The van der Waals surface area contributed by atoms with Gasteiger partial charge >= 0.3 is 5.97 Å². The highest BCUT2D eigenvalue weighted by Gasteiger charge is 2.57. The van der Waals surface area contributed by atoms with Gasteiger partial charge in [0, 0.05) is 63.6 Å². The van der Waals surface area contributed by atoms with Crippen molar-refractivity contribution >= 4 is 36.5 Å². The quantitative estimate of drug-likeness (QED) is 0.0793. The number of ether oxygens (including phenoxy) is 2. The maximum absolute atomic E-state index is 12.7. The predicted molar refractivity (Wildman–Crippen MR) is 170 cm³/mol. The third-order valence-corrected chi connectivity index (χ3v) is 10.3. The molecule has 0 bridgehead atoms. The number of aromatic nitrogens is 3. The number of non-ortho nitro benzene ring substituents is 1. The first-order valence-corrected chi connectivity index (χ1v) is 19.1. The summed E-state index contributed by atoms with van der Waals surface area (Å²) in [5.41, 5.74) is 2.17. The summed E-state index contributed by atoms with van der Waals surface area (Å²) in [6.07, 6.45) is 5.62. The molecule has 1 N–H and O–H groups in total. The Morgan fingerprint density at radius 3 is 2.70 bits per heavy atom. The van der Waals surface area contributed by atoms with Gasteiger partial charge in [-0.25, -0.2) is 9.67 Å². The van der Waals surface area contributed by atoms with E-state index in [1.54, 1.807) is 23.0 Å². The number of anilines is 1. The number of fused-ring (bicyclic) bond motifs is 1. The van der Waals surface area contributed by atoms with Crippen LogP contribution < -0.4 is 10.2 Å². The summed E-state index contributed by atoms with van der Waals surface area (Å²) in [4.78, 5) is 30.7. The lowest BCUT2D eigenvalue weighted by atomic mass is 9.72. The summed E-state index contributed by atoms with van der Waals surface area (Å²) >= 11 is 0. The van der Waals surface area contributed by atoms with Gasteiger partial charge in [-0.05, 0) is 30.7 Å². The molecule has 2 saturated heterocycles. The number of unbranched alkanes of at least 4 members (excludes halogenated alkanes) is 2. The number of esters is 1. The average molecular weight is 609 g/mol. The van der Waals surface area contributed by atoms with Gasteiger partial charge in [0.25, 0.3) is 5.69 Å². The van der Waals surface area contributed by atoms with E-state index in [1.165, 1.54) is 6.07 Å². The van der Waals surface area contributed by atoms with Crippen molar-refractivity contribution in [3.63, 3.8) is 0 Å². The van der Waals surface area contributed by atoms with E-state index in [0.29, 0.717) is 17.7 Å². The third kappa shape index (κ3) is 6.91. The largest absolute Gasteiger partial charge is 0.446 e. The number of nitrogens with one attached hydrogen (secondary N) is 1. The lowest BCUT2D eigenvalue weighted by Crippen LogP contribution is -2.77. The molecule has 11 nitrogen and oxygen atoms in total. The molecule has 2 aromatic heterocycles. The molecule has 2 atom stereocenters. The zero-order chi connectivity index (χ0) is 30.8. The molecule has 2 unspecified atom stereocenters. The van der Waals surface area contributed by atoms with Crippen molar-refractivity contribution in [1.29, 1.82) is 0 Å². The summed E-state index contributed by atoms with van der Waals surface area (Å²) in [6, 6.07) is 9.73. The number of hydrogen-bond acceptors (Lipinski definition) is 9. The minimum absolute atomic E-state index is 0.0182. The van der Waals surface area contributed by atoms with E-state index in [9.17, 15) is 14.9 Å². The Labute approximate surface area is 254 Å². The molecule has 43 heavy (non-hydrogen) atoms. The highest BCUT2D eigenvalue weighted by molar-refractivity contribution is 6.76. The zero-order valence-corrected chi connectivity index (χ0v) is 27.0. The molecule has 12 heteroatoms. The molecule has 0 amide bonds. The number of benzene rings is 1. The van der Waals surface area contributed by atoms with Gasteiger partial charge in [0.15, 0.2) is 6.23 Å². The molecule has 5 rings (SSSR count). The molecule has 2 aliphatic rings. The minimum Gasteiger partial charge on any atom is -0.446 e. The van der Waals surface area contributed by atoms with Crippen LogP contribution in [-0.2, 0) is 21.0 Å². The lowest BCUT2D eigenvalue weighted by Gasteiger charge is -2.60. The first kappa shape index (κ1) is 31.1. The minimum atomic E-state index is -1.23. The van der Waals surface area contributed by atoms with Gasteiger partial charge in [0.2, 0.25) is 0 Å². The zero-order valence-electron chi connectivity index (χ0n) is 26.0. The highest BCUT2D eigenvalue weighted by atomic mass is 28.3. The topological polar surface area (TPSA) is 125 Å². The molecule has 1 aromatic carbocycles. The van der Waals surface area contributed by atoms with Crippen molar-refractivity contribution in [3.8, 4) is 11.3 Å². The Hall–Kier alpha value is -3.35. The number of rotatable bonds is 14. The molecular weight excluding hydrogens is 564 g/mol. The van der Waals surface area contributed by atoms with Crippen LogP contribution in [0, 0.1) is 21.4 Å². The standard InChI is InChI=1S/C31H44N6O5Si/c1-6-7-8-9-22(2)29(38)42-30-31(18-33-30)19-35(20-31)27-16-23(12-13-32-27)28-25-17-24(37(39)40)10-11-26(25)36(34-28)21-41-14-15-43(3,4)5/h10-13,16-17,22,30,33H,6-9,14-15,18-21H2,1-5H3. The highest BCUT2D eigenvalue weighted by Crippen LogP contribution is 2.43. The Balaban J connectivity index is 1.29. The summed E-state index contributed by atoms with van der Waals surface area (Å²) in [7, 11) is -1.23. The van der Waals surface area contributed by atoms with Crippen molar-refractivity contribution in [2.24, 2.45) is 11.3 Å². The molecule has 3 aromatic rings. The SMILES string of the molecule is CCCCCC(C)C(=O)OC1NCC12CN(c1cc(-c3nn(COCC[Si](C)(C)C)c4ccc([N+](=O)[O-])cc34)ccn1)C2. The molecule has 0 radical (unpaired) electrons. The number of nitrogens with zero attached hydrogens (tertiary/aromatic N) is 5. The smallest absolute Gasteiger partial charge is 0.310 e. The van der Waals surface area contributed by atoms with Crippen molar-refractivity contribution < 1.29 is 19.2 Å². The molecule has 0 aliphatic carbocycles. The normalized spacial score (nSPS) is 18.3. The Morgan fingerprint density at radius 2 is 2.02 bits per heavy atom. The van der Waals surface area contributed by atoms with Crippen LogP contribution in [0.5, 0.6) is 0 Å². The van der Waals surface area contributed by atoms with E-state index in [-0.39, 0.29) is 40.9 Å². The maximum Gasteiger partial charge on any atom is 0.310 e. The van der Waals surface area contributed by atoms with Crippen LogP contribution >= 0.6 is 0 Å². The predicted octanol–water partition coefficient (Wildman–Crippen LogP) is 5.81. The fraction of sp³-hybridized carbons (Fsp3) is 0.581. The van der Waals surface area contributed by atoms with Gasteiger partial charge < -0.3 is 14.4 Å². The van der Waals surface area contributed by atoms with Crippen LogP contribution in [0.15, 0.2) is 36.5 Å². The Kier molecular flexibility index (Phi) is 9.19. The van der Waals surface area contributed by atoms with E-state index >= 15 is 0 Å². The van der Waals surface area contributed by atoms with Crippen molar-refractivity contribution in [2.75, 3.05) is 31.1 Å². The van der Waals surface area contributed by atoms with Gasteiger partial charge in [-0.15, -0.1) is 0 Å². The number of carbonyl (C=O) groups is 1. The summed E-state index contributed by atoms with van der Waals surface area (Å²) in [5, 5.41) is 20.4. The second-order valence-corrected chi connectivity index (χ2v) is 19.0. The number of carbonyl (C=O) groups excluding carboxylic acids is 1. The Bertz CT molecular complexity index is 1460. The molecule has 2 fully saturated rings. The number of nitro groups is 1. The number of pyridine rings is 1. The van der Waals surface area contributed by atoms with Gasteiger partial charge in [-0.3, -0.25) is 20.2 Å². The fourth-order valence-corrected chi connectivity index (χ4v) is 6.46. The van der Waals surface area contributed by atoms with Gasteiger partial charge in [0.05, 0.1) is 21.8 Å². The second kappa shape index (κ2) is 12.7. The van der Waals surface area contributed by atoms with Gasteiger partial charge in [-0.2, -0.15) is 5.10 Å². The maximum atomic E-state index is 12.7.